The Balaban J connectivity index is 2.12. The highest BCUT2D eigenvalue weighted by atomic mass is 16.6. The number of carbonyl (C=O) groups excluding carboxylic acids is 1. The van der Waals surface area contributed by atoms with Gasteiger partial charge in [-0.05, 0) is 24.8 Å². The van der Waals surface area contributed by atoms with Gasteiger partial charge in [-0.1, -0.05) is 25.8 Å². The van der Waals surface area contributed by atoms with E-state index in [0.717, 1.165) is 18.8 Å². The van der Waals surface area contributed by atoms with Crippen molar-refractivity contribution in [2.45, 2.75) is 32.6 Å². The summed E-state index contributed by atoms with van der Waals surface area (Å²) in [4.78, 5) is 22.9. The summed E-state index contributed by atoms with van der Waals surface area (Å²) in [7, 11) is 0. The van der Waals surface area contributed by atoms with Gasteiger partial charge in [-0.3, -0.25) is 14.9 Å². The minimum Gasteiger partial charge on any atom is -0.379 e. The summed E-state index contributed by atoms with van der Waals surface area (Å²) in [6.45, 7) is 3.18. The number of carbonyl (C=O) groups is 1. The fourth-order valence-corrected chi connectivity index (χ4v) is 2.21. The molecule has 6 heteroatoms. The molecule has 1 aliphatic carbocycles. The number of nitro groups is 1. The van der Waals surface area contributed by atoms with E-state index >= 15 is 0 Å². The van der Waals surface area contributed by atoms with E-state index in [1.54, 1.807) is 12.1 Å². The van der Waals surface area contributed by atoms with E-state index in [4.69, 9.17) is 0 Å². The summed E-state index contributed by atoms with van der Waals surface area (Å²) >= 11 is 0. The van der Waals surface area contributed by atoms with Gasteiger partial charge in [0.15, 0.2) is 0 Å². The summed E-state index contributed by atoms with van der Waals surface area (Å²) in [5.74, 6) is 0.492. The minimum atomic E-state index is -0.459. The molecular formula is C15H21N3O3. The lowest BCUT2D eigenvalue weighted by molar-refractivity contribution is -0.384. The average Bonchev–Trinajstić information content (AvgIpc) is 3.28. The van der Waals surface area contributed by atoms with Crippen LogP contribution in [0.25, 0.3) is 0 Å². The maximum atomic E-state index is 12.2. The van der Waals surface area contributed by atoms with Gasteiger partial charge in [-0.2, -0.15) is 0 Å². The first-order valence-electron chi connectivity index (χ1n) is 7.43. The van der Waals surface area contributed by atoms with Gasteiger partial charge in [-0.25, -0.2) is 0 Å². The zero-order chi connectivity index (χ0) is 15.2. The standard InChI is InChI=1S/C15H21N3O3/c1-2-9-16-14-12(4-3-5-13(14)18(20)21)15(19)17-10-8-11-6-7-11/h3-5,11,16H,2,6-10H2,1H3,(H,17,19). The van der Waals surface area contributed by atoms with Crippen molar-refractivity contribution in [1.29, 1.82) is 0 Å². The molecule has 1 aliphatic rings. The van der Waals surface area contributed by atoms with Crippen LogP contribution < -0.4 is 10.6 Å². The van der Waals surface area contributed by atoms with Crippen LogP contribution in [0.5, 0.6) is 0 Å². The number of para-hydroxylation sites is 1. The van der Waals surface area contributed by atoms with Crippen molar-refractivity contribution in [2.75, 3.05) is 18.4 Å². The minimum absolute atomic E-state index is 0.0571. The fourth-order valence-electron chi connectivity index (χ4n) is 2.21. The highest BCUT2D eigenvalue weighted by Crippen LogP contribution is 2.32. The maximum Gasteiger partial charge on any atom is 0.293 e. The molecule has 1 saturated carbocycles. The Bertz CT molecular complexity index is 527. The van der Waals surface area contributed by atoms with E-state index < -0.39 is 4.92 Å². The summed E-state index contributed by atoms with van der Waals surface area (Å²) in [6.07, 6.45) is 4.30. The molecule has 0 saturated heterocycles. The smallest absolute Gasteiger partial charge is 0.293 e. The highest BCUT2D eigenvalue weighted by Gasteiger charge is 2.23. The van der Waals surface area contributed by atoms with Crippen LogP contribution in [0.2, 0.25) is 0 Å². The zero-order valence-electron chi connectivity index (χ0n) is 12.2. The van der Waals surface area contributed by atoms with Crippen molar-refractivity contribution >= 4 is 17.3 Å². The van der Waals surface area contributed by atoms with Gasteiger partial charge in [0.05, 0.1) is 10.5 Å². The average molecular weight is 291 g/mol. The second kappa shape index (κ2) is 7.06. The number of nitro benzene ring substituents is 1. The first kappa shape index (κ1) is 15.3. The predicted molar refractivity (Wildman–Crippen MR) is 81.6 cm³/mol. The molecule has 0 unspecified atom stereocenters. The molecule has 114 valence electrons. The molecule has 1 amide bonds. The Morgan fingerprint density at radius 1 is 1.38 bits per heavy atom. The maximum absolute atomic E-state index is 12.2. The van der Waals surface area contributed by atoms with Gasteiger partial charge in [0, 0.05) is 19.2 Å². The molecule has 6 nitrogen and oxygen atoms in total. The highest BCUT2D eigenvalue weighted by molar-refractivity contribution is 6.01. The molecule has 2 rings (SSSR count). The third kappa shape index (κ3) is 4.18. The van der Waals surface area contributed by atoms with E-state index in [9.17, 15) is 14.9 Å². The first-order valence-corrected chi connectivity index (χ1v) is 7.43. The largest absolute Gasteiger partial charge is 0.379 e. The summed E-state index contributed by atoms with van der Waals surface area (Å²) in [5.41, 5.74) is 0.597. The Morgan fingerprint density at radius 3 is 2.76 bits per heavy atom. The summed E-state index contributed by atoms with van der Waals surface area (Å²) in [5, 5.41) is 17.0. The van der Waals surface area contributed by atoms with Gasteiger partial charge in [-0.15, -0.1) is 0 Å². The molecule has 0 radical (unpaired) electrons. The number of hydrogen-bond acceptors (Lipinski definition) is 4. The molecule has 0 aliphatic heterocycles. The van der Waals surface area contributed by atoms with Crippen molar-refractivity contribution < 1.29 is 9.72 Å². The first-order chi connectivity index (χ1) is 10.1. The van der Waals surface area contributed by atoms with Gasteiger partial charge in [0.1, 0.15) is 5.69 Å². The Morgan fingerprint density at radius 2 is 2.14 bits per heavy atom. The number of nitrogens with one attached hydrogen (secondary N) is 2. The molecule has 1 aromatic rings. The predicted octanol–water partition coefficient (Wildman–Crippen LogP) is 2.95. The molecule has 0 heterocycles. The molecular weight excluding hydrogens is 270 g/mol. The Labute approximate surface area is 124 Å². The third-order valence-corrected chi connectivity index (χ3v) is 3.57. The van der Waals surface area contributed by atoms with Crippen LogP contribution in [-0.4, -0.2) is 23.9 Å². The van der Waals surface area contributed by atoms with Crippen LogP contribution in [0.15, 0.2) is 18.2 Å². The lowest BCUT2D eigenvalue weighted by Gasteiger charge is -2.12. The van der Waals surface area contributed by atoms with E-state index in [2.05, 4.69) is 10.6 Å². The van der Waals surface area contributed by atoms with E-state index in [0.29, 0.717) is 24.3 Å². The Hall–Kier alpha value is -2.11. The lowest BCUT2D eigenvalue weighted by atomic mass is 10.1. The number of amides is 1. The number of anilines is 1. The topological polar surface area (TPSA) is 84.3 Å². The molecule has 0 aromatic heterocycles. The van der Waals surface area contributed by atoms with Gasteiger partial charge < -0.3 is 10.6 Å². The number of benzene rings is 1. The van der Waals surface area contributed by atoms with Crippen LogP contribution in [0.1, 0.15) is 43.0 Å². The lowest BCUT2D eigenvalue weighted by Crippen LogP contribution is -2.26. The van der Waals surface area contributed by atoms with Crippen molar-refractivity contribution in [3.05, 3.63) is 33.9 Å². The SMILES string of the molecule is CCCNc1c(C(=O)NCCC2CC2)cccc1[N+](=O)[O-]. The van der Waals surface area contributed by atoms with Crippen molar-refractivity contribution in [3.8, 4) is 0 Å². The molecule has 2 N–H and O–H groups in total. The molecule has 1 fully saturated rings. The number of nitrogens with zero attached hydrogens (tertiary/aromatic N) is 1. The molecule has 21 heavy (non-hydrogen) atoms. The second-order valence-electron chi connectivity index (χ2n) is 5.37. The quantitative estimate of drug-likeness (QED) is 0.569. The van der Waals surface area contributed by atoms with E-state index in [-0.39, 0.29) is 11.6 Å². The van der Waals surface area contributed by atoms with Crippen molar-refractivity contribution in [2.24, 2.45) is 5.92 Å². The molecule has 1 aromatic carbocycles. The number of hydrogen-bond donors (Lipinski definition) is 2. The monoisotopic (exact) mass is 291 g/mol. The van der Waals surface area contributed by atoms with Crippen LogP contribution in [0.3, 0.4) is 0 Å². The van der Waals surface area contributed by atoms with Crippen LogP contribution >= 0.6 is 0 Å². The van der Waals surface area contributed by atoms with Crippen LogP contribution in [-0.2, 0) is 0 Å². The zero-order valence-corrected chi connectivity index (χ0v) is 12.2. The van der Waals surface area contributed by atoms with Gasteiger partial charge >= 0.3 is 0 Å². The normalized spacial score (nSPS) is 13.8. The van der Waals surface area contributed by atoms with Crippen molar-refractivity contribution in [3.63, 3.8) is 0 Å². The van der Waals surface area contributed by atoms with Gasteiger partial charge in [0.25, 0.3) is 11.6 Å². The van der Waals surface area contributed by atoms with E-state index in [1.807, 2.05) is 6.92 Å². The third-order valence-electron chi connectivity index (χ3n) is 3.57. The van der Waals surface area contributed by atoms with Crippen LogP contribution in [0.4, 0.5) is 11.4 Å². The van der Waals surface area contributed by atoms with Crippen molar-refractivity contribution in [1.82, 2.24) is 5.32 Å². The Kier molecular flexibility index (Phi) is 5.14. The summed E-state index contributed by atoms with van der Waals surface area (Å²) < 4.78 is 0. The molecule has 0 bridgehead atoms. The molecule has 0 atom stereocenters. The van der Waals surface area contributed by atoms with E-state index in [1.165, 1.54) is 18.9 Å². The van der Waals surface area contributed by atoms with Gasteiger partial charge in [0.2, 0.25) is 0 Å². The summed E-state index contributed by atoms with van der Waals surface area (Å²) in [6, 6.07) is 4.58. The second-order valence-corrected chi connectivity index (χ2v) is 5.37. The molecule has 0 spiro atoms. The number of rotatable bonds is 8. The van der Waals surface area contributed by atoms with Crippen LogP contribution in [0, 0.1) is 16.0 Å². The fraction of sp³-hybridized carbons (Fsp3) is 0.533.